The van der Waals surface area contributed by atoms with Gasteiger partial charge in [0, 0.05) is 17.6 Å². The molecule has 0 bridgehead atoms. The summed E-state index contributed by atoms with van der Waals surface area (Å²) in [5.41, 5.74) is 2.22. The Hall–Kier alpha value is -1.06. The molecule has 1 aromatic carbocycles. The number of benzene rings is 1. The van der Waals surface area contributed by atoms with Crippen molar-refractivity contribution in [3.8, 4) is 0 Å². The van der Waals surface area contributed by atoms with Gasteiger partial charge >= 0.3 is 5.97 Å². The first kappa shape index (κ1) is 14.9. The molecule has 1 N–H and O–H groups in total. The van der Waals surface area contributed by atoms with Crippen molar-refractivity contribution in [3.05, 3.63) is 34.3 Å². The Morgan fingerprint density at radius 3 is 2.86 bits per heavy atom. The molecule has 4 heteroatoms. The standard InChI is InChI=1S/C17H22ClNO2/c1-11-8-12(6-7-14(11)18)10-19-15-5-3-2-4-13(15)9-16(19)17(20)21/h6-8,13,15-16H,2-5,9-10H2,1H3,(H,20,21). The van der Waals surface area contributed by atoms with E-state index in [1.165, 1.54) is 19.3 Å². The maximum atomic E-state index is 11.6. The Kier molecular flexibility index (Phi) is 4.23. The highest BCUT2D eigenvalue weighted by Gasteiger charge is 2.44. The van der Waals surface area contributed by atoms with Crippen LogP contribution in [0.1, 0.15) is 43.2 Å². The number of halogens is 1. The van der Waals surface area contributed by atoms with Crippen molar-refractivity contribution in [2.45, 2.75) is 57.7 Å². The summed E-state index contributed by atoms with van der Waals surface area (Å²) in [4.78, 5) is 13.8. The molecule has 0 aromatic heterocycles. The largest absolute Gasteiger partial charge is 0.480 e. The molecule has 1 aromatic rings. The van der Waals surface area contributed by atoms with Crippen LogP contribution in [0.2, 0.25) is 5.02 Å². The first-order valence-corrected chi connectivity index (χ1v) is 8.17. The van der Waals surface area contributed by atoms with Crippen molar-refractivity contribution in [2.75, 3.05) is 0 Å². The van der Waals surface area contributed by atoms with Crippen molar-refractivity contribution in [2.24, 2.45) is 5.92 Å². The average molecular weight is 308 g/mol. The van der Waals surface area contributed by atoms with E-state index in [-0.39, 0.29) is 6.04 Å². The molecule has 3 atom stereocenters. The van der Waals surface area contributed by atoms with Crippen LogP contribution in [0, 0.1) is 12.8 Å². The number of rotatable bonds is 3. The zero-order valence-electron chi connectivity index (χ0n) is 12.4. The van der Waals surface area contributed by atoms with E-state index in [1.807, 2.05) is 19.1 Å². The van der Waals surface area contributed by atoms with Crippen molar-refractivity contribution in [1.82, 2.24) is 4.90 Å². The molecule has 3 rings (SSSR count). The molecule has 0 spiro atoms. The molecule has 1 heterocycles. The lowest BCUT2D eigenvalue weighted by Gasteiger charge is -2.33. The van der Waals surface area contributed by atoms with Gasteiger partial charge in [-0.3, -0.25) is 9.69 Å². The van der Waals surface area contributed by atoms with E-state index in [0.29, 0.717) is 12.0 Å². The van der Waals surface area contributed by atoms with Crippen LogP contribution in [0.4, 0.5) is 0 Å². The average Bonchev–Trinajstić information content (AvgIpc) is 2.82. The Labute approximate surface area is 130 Å². The predicted octanol–water partition coefficient (Wildman–Crippen LogP) is 3.87. The minimum Gasteiger partial charge on any atom is -0.480 e. The van der Waals surface area contributed by atoms with Crippen molar-refractivity contribution in [1.29, 1.82) is 0 Å². The zero-order valence-corrected chi connectivity index (χ0v) is 13.1. The highest BCUT2D eigenvalue weighted by atomic mass is 35.5. The van der Waals surface area contributed by atoms with Gasteiger partial charge in [0.05, 0.1) is 0 Å². The van der Waals surface area contributed by atoms with E-state index in [4.69, 9.17) is 11.6 Å². The van der Waals surface area contributed by atoms with Gasteiger partial charge in [-0.25, -0.2) is 0 Å². The van der Waals surface area contributed by atoms with E-state index >= 15 is 0 Å². The minimum atomic E-state index is -0.671. The van der Waals surface area contributed by atoms with Gasteiger partial charge in [-0.05, 0) is 49.3 Å². The molecule has 2 aliphatic rings. The number of carboxylic acid groups (broad SMARTS) is 1. The fourth-order valence-electron chi connectivity index (χ4n) is 4.04. The summed E-state index contributed by atoms with van der Waals surface area (Å²) in [6.07, 6.45) is 5.61. The Balaban J connectivity index is 1.82. The van der Waals surface area contributed by atoms with Crippen LogP contribution in [0.3, 0.4) is 0 Å². The third-order valence-electron chi connectivity index (χ3n) is 5.09. The number of aliphatic carboxylic acids is 1. The summed E-state index contributed by atoms with van der Waals surface area (Å²) in [5, 5.41) is 10.3. The summed E-state index contributed by atoms with van der Waals surface area (Å²) >= 11 is 6.08. The van der Waals surface area contributed by atoms with Crippen LogP contribution in [-0.4, -0.2) is 28.1 Å². The molecule has 21 heavy (non-hydrogen) atoms. The monoisotopic (exact) mass is 307 g/mol. The molecule has 114 valence electrons. The third kappa shape index (κ3) is 2.95. The van der Waals surface area contributed by atoms with Crippen LogP contribution in [0.25, 0.3) is 0 Å². The summed E-state index contributed by atoms with van der Waals surface area (Å²) < 4.78 is 0. The summed E-state index contributed by atoms with van der Waals surface area (Å²) in [6, 6.07) is 6.13. The second-order valence-corrected chi connectivity index (χ2v) is 6.86. The van der Waals surface area contributed by atoms with E-state index in [0.717, 1.165) is 35.5 Å². The lowest BCUT2D eigenvalue weighted by atomic mass is 9.84. The summed E-state index contributed by atoms with van der Waals surface area (Å²) in [7, 11) is 0. The highest BCUT2D eigenvalue weighted by Crippen LogP contribution is 2.40. The molecular weight excluding hydrogens is 286 g/mol. The summed E-state index contributed by atoms with van der Waals surface area (Å²) in [5.74, 6) is -0.108. The molecule has 2 fully saturated rings. The molecule has 0 radical (unpaired) electrons. The smallest absolute Gasteiger partial charge is 0.320 e. The Morgan fingerprint density at radius 1 is 1.38 bits per heavy atom. The lowest BCUT2D eigenvalue weighted by Crippen LogP contribution is -2.41. The molecule has 3 nitrogen and oxygen atoms in total. The zero-order chi connectivity index (χ0) is 15.0. The molecule has 1 aliphatic heterocycles. The maximum Gasteiger partial charge on any atom is 0.320 e. The quantitative estimate of drug-likeness (QED) is 0.921. The van der Waals surface area contributed by atoms with Crippen LogP contribution < -0.4 is 0 Å². The van der Waals surface area contributed by atoms with Crippen LogP contribution >= 0.6 is 11.6 Å². The van der Waals surface area contributed by atoms with E-state index in [9.17, 15) is 9.90 Å². The van der Waals surface area contributed by atoms with Gasteiger partial charge in [0.2, 0.25) is 0 Å². The second kappa shape index (κ2) is 5.98. The van der Waals surface area contributed by atoms with E-state index < -0.39 is 5.97 Å². The Bertz CT molecular complexity index is 546. The molecule has 1 saturated heterocycles. The number of hydrogen-bond acceptors (Lipinski definition) is 2. The molecule has 3 unspecified atom stereocenters. The first-order chi connectivity index (χ1) is 10.1. The first-order valence-electron chi connectivity index (χ1n) is 7.80. The second-order valence-electron chi connectivity index (χ2n) is 6.46. The predicted molar refractivity (Wildman–Crippen MR) is 83.5 cm³/mol. The lowest BCUT2D eigenvalue weighted by molar-refractivity contribution is -0.142. The van der Waals surface area contributed by atoms with Crippen LogP contribution in [0.15, 0.2) is 18.2 Å². The van der Waals surface area contributed by atoms with Crippen LogP contribution in [-0.2, 0) is 11.3 Å². The van der Waals surface area contributed by atoms with Gasteiger partial charge in [-0.15, -0.1) is 0 Å². The SMILES string of the molecule is Cc1cc(CN2C(C(=O)O)CC3CCCCC32)ccc1Cl. The molecule has 1 aliphatic carbocycles. The molecular formula is C17H22ClNO2. The van der Waals surface area contributed by atoms with E-state index in [1.54, 1.807) is 0 Å². The number of fused-ring (bicyclic) bond motifs is 1. The van der Waals surface area contributed by atoms with Crippen molar-refractivity contribution >= 4 is 17.6 Å². The van der Waals surface area contributed by atoms with Crippen LogP contribution in [0.5, 0.6) is 0 Å². The number of nitrogens with zero attached hydrogens (tertiary/aromatic N) is 1. The normalized spacial score (nSPS) is 29.3. The number of carboxylic acids is 1. The topological polar surface area (TPSA) is 40.5 Å². The third-order valence-corrected chi connectivity index (χ3v) is 5.52. The fourth-order valence-corrected chi connectivity index (χ4v) is 4.16. The van der Waals surface area contributed by atoms with E-state index in [2.05, 4.69) is 11.0 Å². The minimum absolute atomic E-state index is 0.325. The number of likely N-dealkylation sites (tertiary alicyclic amines) is 1. The van der Waals surface area contributed by atoms with Gasteiger partial charge in [0.15, 0.2) is 0 Å². The van der Waals surface area contributed by atoms with Gasteiger partial charge in [0.1, 0.15) is 6.04 Å². The fraction of sp³-hybridized carbons (Fsp3) is 0.588. The van der Waals surface area contributed by atoms with Crippen molar-refractivity contribution in [3.63, 3.8) is 0 Å². The Morgan fingerprint density at radius 2 is 2.14 bits per heavy atom. The van der Waals surface area contributed by atoms with Gasteiger partial charge < -0.3 is 5.11 Å². The highest BCUT2D eigenvalue weighted by molar-refractivity contribution is 6.31. The van der Waals surface area contributed by atoms with Gasteiger partial charge in [-0.1, -0.05) is 36.6 Å². The maximum absolute atomic E-state index is 11.6. The van der Waals surface area contributed by atoms with Crippen molar-refractivity contribution < 1.29 is 9.90 Å². The van der Waals surface area contributed by atoms with Gasteiger partial charge in [-0.2, -0.15) is 0 Å². The number of aryl methyl sites for hydroxylation is 1. The van der Waals surface area contributed by atoms with Gasteiger partial charge in [0.25, 0.3) is 0 Å². The molecule has 0 amide bonds. The molecule has 1 saturated carbocycles. The summed E-state index contributed by atoms with van der Waals surface area (Å²) in [6.45, 7) is 2.71. The number of hydrogen-bond donors (Lipinski definition) is 1. The number of carbonyl (C=O) groups is 1.